The molecule has 0 unspecified atom stereocenters. The first-order chi connectivity index (χ1) is 9.99. The van der Waals surface area contributed by atoms with Crippen LogP contribution in [0.15, 0.2) is 30.3 Å². The van der Waals surface area contributed by atoms with Crippen LogP contribution in [0.3, 0.4) is 0 Å². The van der Waals surface area contributed by atoms with Crippen LogP contribution < -0.4 is 0 Å². The van der Waals surface area contributed by atoms with E-state index in [2.05, 4.69) is 55.6 Å². The van der Waals surface area contributed by atoms with E-state index in [4.69, 9.17) is 4.74 Å². The number of methoxy groups -OCH3 is 1. The average Bonchev–Trinajstić information content (AvgIpc) is 2.48. The molecule has 0 saturated carbocycles. The fraction of sp³-hybridized carbons (Fsp3) is 0.667. The lowest BCUT2D eigenvalue weighted by atomic mass is 10.2. The molecule has 1 fully saturated rings. The smallest absolute Gasteiger partial charge is 0.0991 e. The lowest BCUT2D eigenvalue weighted by molar-refractivity contribution is 0.0178. The van der Waals surface area contributed by atoms with Gasteiger partial charge in [-0.05, 0) is 19.4 Å². The van der Waals surface area contributed by atoms with Gasteiger partial charge in [0.15, 0.2) is 0 Å². The minimum atomic E-state index is -1.27. The van der Waals surface area contributed by atoms with Crippen LogP contribution in [0, 0.1) is 0 Å². The summed E-state index contributed by atoms with van der Waals surface area (Å²) in [6.07, 6.45) is 4.29. The molecule has 0 aliphatic carbocycles. The first-order valence-corrected chi connectivity index (χ1v) is 11.2. The van der Waals surface area contributed by atoms with Gasteiger partial charge in [-0.15, -0.1) is 0 Å². The van der Waals surface area contributed by atoms with E-state index >= 15 is 0 Å². The number of hydrogen-bond acceptors (Lipinski definition) is 2. The summed E-state index contributed by atoms with van der Waals surface area (Å²) in [7, 11) is 0.546. The highest BCUT2D eigenvalue weighted by Crippen LogP contribution is 2.40. The fourth-order valence-electron chi connectivity index (χ4n) is 3.69. The van der Waals surface area contributed by atoms with E-state index in [1.165, 1.54) is 36.9 Å². The lowest BCUT2D eigenvalue weighted by Crippen LogP contribution is -2.63. The summed E-state index contributed by atoms with van der Waals surface area (Å²) in [5, 5.41) is 0.277. The highest BCUT2D eigenvalue weighted by molar-refractivity contribution is 6.81. The van der Waals surface area contributed by atoms with E-state index in [0.29, 0.717) is 0 Å². The Kier molecular flexibility index (Phi) is 5.64. The Morgan fingerprint density at radius 3 is 2.29 bits per heavy atom. The van der Waals surface area contributed by atoms with E-state index in [1.54, 1.807) is 0 Å². The second kappa shape index (κ2) is 7.08. The number of ether oxygens (including phenoxy) is 1. The van der Waals surface area contributed by atoms with Crippen molar-refractivity contribution in [2.45, 2.75) is 63.5 Å². The predicted octanol–water partition coefficient (Wildman–Crippen LogP) is 4.67. The van der Waals surface area contributed by atoms with Gasteiger partial charge in [0.25, 0.3) is 0 Å². The standard InChI is InChI=1S/C18H31NOSi/c1-18(2,21(4)13-9-6-10-14-21)19(16-20-3)15-17-11-7-5-8-12-17/h5,7-8,11-12H,6,9-10,13-16H2,1-4H3. The summed E-state index contributed by atoms with van der Waals surface area (Å²) in [6, 6.07) is 13.7. The Labute approximate surface area is 131 Å². The molecule has 1 aromatic carbocycles. The molecule has 0 radical (unpaired) electrons. The number of rotatable bonds is 6. The molecule has 2 rings (SSSR count). The highest BCUT2D eigenvalue weighted by atomic mass is 28.3. The van der Waals surface area contributed by atoms with Crippen LogP contribution in [0.2, 0.25) is 18.6 Å². The summed E-state index contributed by atoms with van der Waals surface area (Å²) < 4.78 is 5.55. The summed E-state index contributed by atoms with van der Waals surface area (Å²) >= 11 is 0. The molecule has 1 aliphatic heterocycles. The van der Waals surface area contributed by atoms with Crippen LogP contribution in [-0.2, 0) is 11.3 Å². The van der Waals surface area contributed by atoms with Crippen molar-refractivity contribution in [3.8, 4) is 0 Å². The zero-order chi connectivity index (χ0) is 15.3. The highest BCUT2D eigenvalue weighted by Gasteiger charge is 2.46. The fourth-order valence-corrected chi connectivity index (χ4v) is 8.13. The van der Waals surface area contributed by atoms with Gasteiger partial charge in [0.1, 0.15) is 0 Å². The molecule has 2 nitrogen and oxygen atoms in total. The lowest BCUT2D eigenvalue weighted by Gasteiger charge is -2.51. The van der Waals surface area contributed by atoms with Gasteiger partial charge in [-0.3, -0.25) is 4.90 Å². The molecular weight excluding hydrogens is 274 g/mol. The van der Waals surface area contributed by atoms with E-state index < -0.39 is 8.07 Å². The molecule has 0 spiro atoms. The van der Waals surface area contributed by atoms with Crippen molar-refractivity contribution >= 4 is 8.07 Å². The third-order valence-electron chi connectivity index (χ3n) is 5.73. The molecule has 0 amide bonds. The summed E-state index contributed by atoms with van der Waals surface area (Å²) in [5.74, 6) is 0. The van der Waals surface area contributed by atoms with Crippen molar-refractivity contribution in [3.63, 3.8) is 0 Å². The Hall–Kier alpha value is -0.643. The zero-order valence-corrected chi connectivity index (χ0v) is 15.2. The van der Waals surface area contributed by atoms with Crippen LogP contribution >= 0.6 is 0 Å². The van der Waals surface area contributed by atoms with Gasteiger partial charge in [0.2, 0.25) is 0 Å². The molecule has 21 heavy (non-hydrogen) atoms. The van der Waals surface area contributed by atoms with E-state index in [9.17, 15) is 0 Å². The minimum absolute atomic E-state index is 0.277. The number of hydrogen-bond donors (Lipinski definition) is 0. The van der Waals surface area contributed by atoms with Gasteiger partial charge >= 0.3 is 0 Å². The SMILES string of the molecule is COCN(Cc1ccccc1)C(C)(C)[Si]1(C)CCCCC1. The third-order valence-corrected chi connectivity index (χ3v) is 11.9. The maximum atomic E-state index is 5.55. The Morgan fingerprint density at radius 1 is 1.10 bits per heavy atom. The molecule has 3 heteroatoms. The molecule has 1 aromatic rings. The van der Waals surface area contributed by atoms with Crippen molar-refractivity contribution in [2.75, 3.05) is 13.8 Å². The largest absolute Gasteiger partial charge is 0.369 e. The van der Waals surface area contributed by atoms with Crippen LogP contribution in [0.1, 0.15) is 38.7 Å². The second-order valence-corrected chi connectivity index (χ2v) is 12.6. The minimum Gasteiger partial charge on any atom is -0.369 e. The van der Waals surface area contributed by atoms with Crippen molar-refractivity contribution in [1.82, 2.24) is 4.90 Å². The Bertz CT molecular complexity index is 426. The monoisotopic (exact) mass is 305 g/mol. The maximum absolute atomic E-state index is 5.55. The number of benzene rings is 1. The molecule has 1 saturated heterocycles. The molecule has 0 aromatic heterocycles. The van der Waals surface area contributed by atoms with Gasteiger partial charge < -0.3 is 4.74 Å². The molecule has 0 bridgehead atoms. The molecule has 1 heterocycles. The topological polar surface area (TPSA) is 12.5 Å². The first-order valence-electron chi connectivity index (χ1n) is 8.27. The van der Waals surface area contributed by atoms with Crippen molar-refractivity contribution in [2.24, 2.45) is 0 Å². The van der Waals surface area contributed by atoms with Gasteiger partial charge in [0.05, 0.1) is 14.8 Å². The molecule has 0 N–H and O–H groups in total. The van der Waals surface area contributed by atoms with Crippen molar-refractivity contribution in [1.29, 1.82) is 0 Å². The summed E-state index contributed by atoms with van der Waals surface area (Å²) in [4.78, 5) is 2.57. The van der Waals surface area contributed by atoms with Crippen LogP contribution in [-0.4, -0.2) is 32.0 Å². The normalized spacial score (nSPS) is 18.9. The summed E-state index contributed by atoms with van der Waals surface area (Å²) in [5.41, 5.74) is 1.39. The second-order valence-electron chi connectivity index (χ2n) is 7.28. The number of nitrogens with zero attached hydrogens (tertiary/aromatic N) is 1. The molecule has 1 aliphatic rings. The van der Waals surface area contributed by atoms with Crippen LogP contribution in [0.5, 0.6) is 0 Å². The Balaban J connectivity index is 2.18. The zero-order valence-electron chi connectivity index (χ0n) is 14.2. The van der Waals surface area contributed by atoms with E-state index in [0.717, 1.165) is 13.3 Å². The van der Waals surface area contributed by atoms with Crippen molar-refractivity contribution in [3.05, 3.63) is 35.9 Å². The predicted molar refractivity (Wildman–Crippen MR) is 93.0 cm³/mol. The third kappa shape index (κ3) is 3.76. The van der Waals surface area contributed by atoms with Crippen LogP contribution in [0.25, 0.3) is 0 Å². The quantitative estimate of drug-likeness (QED) is 0.559. The van der Waals surface area contributed by atoms with Crippen molar-refractivity contribution < 1.29 is 4.74 Å². The van der Waals surface area contributed by atoms with Gasteiger partial charge in [-0.2, -0.15) is 0 Å². The van der Waals surface area contributed by atoms with E-state index in [1.807, 2.05) is 7.11 Å². The van der Waals surface area contributed by atoms with Gasteiger partial charge in [0, 0.05) is 18.8 Å². The molecule has 118 valence electrons. The van der Waals surface area contributed by atoms with Gasteiger partial charge in [-0.1, -0.05) is 68.2 Å². The average molecular weight is 306 g/mol. The van der Waals surface area contributed by atoms with Gasteiger partial charge in [-0.25, -0.2) is 0 Å². The molecular formula is C18H31NOSi. The summed E-state index contributed by atoms with van der Waals surface area (Å²) in [6.45, 7) is 9.26. The maximum Gasteiger partial charge on any atom is 0.0991 e. The van der Waals surface area contributed by atoms with Crippen LogP contribution in [0.4, 0.5) is 0 Å². The first kappa shape index (κ1) is 16.7. The molecule has 0 atom stereocenters. The Morgan fingerprint density at radius 2 is 1.71 bits per heavy atom. The van der Waals surface area contributed by atoms with E-state index in [-0.39, 0.29) is 5.16 Å².